The zero-order chi connectivity index (χ0) is 23.7. The monoisotopic (exact) mass is 490 g/mol. The van der Waals surface area contributed by atoms with Crippen LogP contribution in [0.5, 0.6) is 0 Å². The number of nitrogens with zero attached hydrogens (tertiary/aromatic N) is 5. The number of nitrogens with one attached hydrogen (secondary N) is 1. The molecule has 1 atom stereocenters. The number of amides is 1. The van der Waals surface area contributed by atoms with Gasteiger partial charge in [-0.1, -0.05) is 65.8 Å². The summed E-state index contributed by atoms with van der Waals surface area (Å²) in [6.07, 6.45) is 1.55. The molecule has 2 aromatic carbocycles. The summed E-state index contributed by atoms with van der Waals surface area (Å²) in [6.45, 7) is 2.12. The van der Waals surface area contributed by atoms with Crippen LogP contribution in [0.15, 0.2) is 82.9 Å². The minimum absolute atomic E-state index is 0.145. The number of anilines is 1. The Kier molecular flexibility index (Phi) is 6.04. The minimum atomic E-state index is -0.517. The van der Waals surface area contributed by atoms with Crippen LogP contribution in [0.3, 0.4) is 0 Å². The van der Waals surface area contributed by atoms with Crippen LogP contribution in [-0.2, 0) is 11.3 Å². The van der Waals surface area contributed by atoms with Crippen molar-refractivity contribution in [2.24, 2.45) is 0 Å². The lowest BCUT2D eigenvalue weighted by molar-refractivity contribution is -0.115. The van der Waals surface area contributed by atoms with E-state index in [9.17, 15) is 9.59 Å². The fourth-order valence-electron chi connectivity index (χ4n) is 3.64. The maximum atomic E-state index is 13.3. The first-order valence-corrected chi connectivity index (χ1v) is 11.8. The number of aromatic nitrogens is 5. The third-order valence-corrected chi connectivity index (χ3v) is 6.67. The molecule has 1 N–H and O–H groups in total. The molecule has 8 nitrogen and oxygen atoms in total. The summed E-state index contributed by atoms with van der Waals surface area (Å²) in [5.41, 5.74) is 1.95. The van der Waals surface area contributed by atoms with E-state index in [-0.39, 0.29) is 16.6 Å². The Morgan fingerprint density at radius 3 is 2.62 bits per heavy atom. The van der Waals surface area contributed by atoms with E-state index in [2.05, 4.69) is 20.5 Å². The van der Waals surface area contributed by atoms with E-state index in [1.54, 1.807) is 35.9 Å². The third kappa shape index (κ3) is 4.15. The summed E-state index contributed by atoms with van der Waals surface area (Å²) in [6, 6.07) is 20.4. The predicted molar refractivity (Wildman–Crippen MR) is 133 cm³/mol. The minimum Gasteiger partial charge on any atom is -0.322 e. The summed E-state index contributed by atoms with van der Waals surface area (Å²) >= 11 is 7.31. The van der Waals surface area contributed by atoms with Gasteiger partial charge in [-0.05, 0) is 36.8 Å². The lowest BCUT2D eigenvalue weighted by Crippen LogP contribution is -2.24. The van der Waals surface area contributed by atoms with Crippen LogP contribution in [-0.4, -0.2) is 35.3 Å². The summed E-state index contributed by atoms with van der Waals surface area (Å²) in [7, 11) is 0. The second-order valence-electron chi connectivity index (χ2n) is 7.60. The standard InChI is InChI=1S/C24H19ClN6O2S/c1-15(21(32)27-18-11-7-13-26-20(18)25)34-24-29-28-23-30(14-16-8-3-2-4-9-16)22(33)17-10-5-6-12-19(17)31(23)24/h2-13,15H,14H2,1H3,(H,27,32). The van der Waals surface area contributed by atoms with Gasteiger partial charge in [-0.2, -0.15) is 0 Å². The van der Waals surface area contributed by atoms with E-state index in [1.165, 1.54) is 11.8 Å². The summed E-state index contributed by atoms with van der Waals surface area (Å²) in [4.78, 5) is 30.1. The lowest BCUT2D eigenvalue weighted by atomic mass is 10.2. The van der Waals surface area contributed by atoms with Gasteiger partial charge in [0.2, 0.25) is 11.7 Å². The lowest BCUT2D eigenvalue weighted by Gasteiger charge is -2.13. The Bertz CT molecular complexity index is 1570. The highest BCUT2D eigenvalue weighted by Gasteiger charge is 2.22. The van der Waals surface area contributed by atoms with E-state index >= 15 is 0 Å². The van der Waals surface area contributed by atoms with Gasteiger partial charge in [-0.3, -0.25) is 18.6 Å². The van der Waals surface area contributed by atoms with Crippen LogP contribution >= 0.6 is 23.4 Å². The Balaban J connectivity index is 1.54. The van der Waals surface area contributed by atoms with E-state index in [4.69, 9.17) is 11.6 Å². The summed E-state index contributed by atoms with van der Waals surface area (Å²) in [5.74, 6) is 0.163. The van der Waals surface area contributed by atoms with E-state index < -0.39 is 5.25 Å². The number of pyridine rings is 1. The molecule has 0 aliphatic rings. The van der Waals surface area contributed by atoms with Gasteiger partial charge in [0, 0.05) is 6.20 Å². The van der Waals surface area contributed by atoms with Crippen molar-refractivity contribution >= 4 is 51.6 Å². The molecule has 5 rings (SSSR count). The van der Waals surface area contributed by atoms with Crippen LogP contribution in [0.2, 0.25) is 5.15 Å². The van der Waals surface area contributed by atoms with Gasteiger partial charge in [0.25, 0.3) is 5.56 Å². The quantitative estimate of drug-likeness (QED) is 0.282. The second-order valence-corrected chi connectivity index (χ2v) is 9.27. The normalized spacial score (nSPS) is 12.2. The van der Waals surface area contributed by atoms with Crippen molar-refractivity contribution in [1.29, 1.82) is 0 Å². The third-order valence-electron chi connectivity index (χ3n) is 5.33. The Morgan fingerprint density at radius 1 is 1.06 bits per heavy atom. The largest absolute Gasteiger partial charge is 0.322 e. The number of para-hydroxylation sites is 1. The van der Waals surface area contributed by atoms with Crippen LogP contribution < -0.4 is 10.9 Å². The van der Waals surface area contributed by atoms with Crippen LogP contribution in [0.1, 0.15) is 12.5 Å². The highest BCUT2D eigenvalue weighted by atomic mass is 35.5. The first-order chi connectivity index (χ1) is 16.5. The first-order valence-electron chi connectivity index (χ1n) is 10.5. The molecule has 10 heteroatoms. The molecule has 3 heterocycles. The molecule has 0 bridgehead atoms. The summed E-state index contributed by atoms with van der Waals surface area (Å²) < 4.78 is 3.43. The zero-order valence-corrected chi connectivity index (χ0v) is 19.6. The second kappa shape index (κ2) is 9.28. The van der Waals surface area contributed by atoms with Gasteiger partial charge in [-0.25, -0.2) is 4.98 Å². The fourth-order valence-corrected chi connectivity index (χ4v) is 4.67. The molecule has 1 unspecified atom stereocenters. The number of halogens is 1. The van der Waals surface area contributed by atoms with Crippen LogP contribution in [0.4, 0.5) is 5.69 Å². The van der Waals surface area contributed by atoms with Crippen molar-refractivity contribution in [3.8, 4) is 0 Å². The molecule has 0 aliphatic heterocycles. The van der Waals surface area contributed by atoms with E-state index in [0.29, 0.717) is 34.1 Å². The molecule has 0 fully saturated rings. The van der Waals surface area contributed by atoms with Gasteiger partial charge in [-0.15, -0.1) is 10.2 Å². The maximum absolute atomic E-state index is 13.3. The number of hydrogen-bond donors (Lipinski definition) is 1. The van der Waals surface area contributed by atoms with Gasteiger partial charge in [0.15, 0.2) is 10.3 Å². The van der Waals surface area contributed by atoms with Crippen molar-refractivity contribution in [3.63, 3.8) is 0 Å². The SMILES string of the molecule is CC(Sc1nnc2n(Cc3ccccc3)c(=O)c3ccccc3n12)C(=O)Nc1cccnc1Cl. The van der Waals surface area contributed by atoms with Crippen LogP contribution in [0, 0.1) is 0 Å². The smallest absolute Gasteiger partial charge is 0.263 e. The molecule has 34 heavy (non-hydrogen) atoms. The van der Waals surface area contributed by atoms with Gasteiger partial charge in [0.05, 0.1) is 28.4 Å². The maximum Gasteiger partial charge on any atom is 0.263 e. The average molecular weight is 491 g/mol. The molecule has 0 saturated carbocycles. The highest BCUT2D eigenvalue weighted by molar-refractivity contribution is 8.00. The Morgan fingerprint density at radius 2 is 1.82 bits per heavy atom. The molecular weight excluding hydrogens is 472 g/mol. The molecule has 0 radical (unpaired) electrons. The fraction of sp³-hybridized carbons (Fsp3) is 0.125. The summed E-state index contributed by atoms with van der Waals surface area (Å²) in [5, 5.41) is 12.2. The van der Waals surface area contributed by atoms with Crippen molar-refractivity contribution in [2.45, 2.75) is 23.9 Å². The average Bonchev–Trinajstić information content (AvgIpc) is 3.27. The molecule has 170 valence electrons. The van der Waals surface area contributed by atoms with Crippen LogP contribution in [0.25, 0.3) is 16.7 Å². The van der Waals surface area contributed by atoms with E-state index in [1.807, 2.05) is 52.9 Å². The van der Waals surface area contributed by atoms with Crippen molar-refractivity contribution < 1.29 is 4.79 Å². The molecule has 1 amide bonds. The number of carbonyl (C=O) groups is 1. The number of carbonyl (C=O) groups excluding carboxylic acids is 1. The Hall–Kier alpha value is -3.69. The van der Waals surface area contributed by atoms with E-state index in [0.717, 1.165) is 5.56 Å². The van der Waals surface area contributed by atoms with Crippen molar-refractivity contribution in [3.05, 3.63) is 94.0 Å². The highest BCUT2D eigenvalue weighted by Crippen LogP contribution is 2.27. The number of thioether (sulfide) groups is 1. The molecule has 0 saturated heterocycles. The van der Waals surface area contributed by atoms with Crippen molar-refractivity contribution in [1.82, 2.24) is 24.1 Å². The number of rotatable bonds is 6. The molecule has 0 aliphatic carbocycles. The number of hydrogen-bond acceptors (Lipinski definition) is 6. The molecule has 3 aromatic heterocycles. The Labute approximate surface area is 203 Å². The molecule has 5 aromatic rings. The molecular formula is C24H19ClN6O2S. The van der Waals surface area contributed by atoms with Gasteiger partial charge in [0.1, 0.15) is 0 Å². The number of fused-ring (bicyclic) bond motifs is 3. The molecule has 0 spiro atoms. The topological polar surface area (TPSA) is 94.2 Å². The van der Waals surface area contributed by atoms with Gasteiger partial charge < -0.3 is 5.32 Å². The van der Waals surface area contributed by atoms with Gasteiger partial charge >= 0.3 is 0 Å². The predicted octanol–water partition coefficient (Wildman–Crippen LogP) is 4.26. The van der Waals surface area contributed by atoms with Crippen molar-refractivity contribution in [2.75, 3.05) is 5.32 Å². The first kappa shape index (κ1) is 22.1. The number of benzene rings is 2. The zero-order valence-electron chi connectivity index (χ0n) is 18.1.